The number of likely N-dealkylation sites (N-methyl/N-ethyl adjacent to an activating group) is 1. The van der Waals surface area contributed by atoms with E-state index in [9.17, 15) is 22.8 Å². The van der Waals surface area contributed by atoms with Crippen LogP contribution in [0.1, 0.15) is 23.8 Å². The van der Waals surface area contributed by atoms with Crippen molar-refractivity contribution in [2.24, 2.45) is 7.05 Å². The van der Waals surface area contributed by atoms with Crippen LogP contribution in [0.2, 0.25) is 0 Å². The van der Waals surface area contributed by atoms with Gasteiger partial charge in [-0.25, -0.2) is 9.97 Å². The maximum atomic E-state index is 12.8. The highest BCUT2D eigenvalue weighted by Gasteiger charge is 2.33. The normalized spacial score (nSPS) is 16.1. The fourth-order valence-electron chi connectivity index (χ4n) is 3.65. The molecule has 1 unspecified atom stereocenters. The van der Waals surface area contributed by atoms with Gasteiger partial charge in [-0.3, -0.25) is 19.2 Å². The number of oxazole rings is 1. The lowest BCUT2D eigenvalue weighted by molar-refractivity contribution is -0.117. The summed E-state index contributed by atoms with van der Waals surface area (Å²) in [6.45, 7) is 1.86. The number of hydrogen-bond acceptors (Lipinski definition) is 8. The van der Waals surface area contributed by atoms with Gasteiger partial charge in [-0.2, -0.15) is 18.3 Å². The molecule has 4 rings (SSSR count). The van der Waals surface area contributed by atoms with Crippen molar-refractivity contribution >= 4 is 29.1 Å². The van der Waals surface area contributed by atoms with Crippen LogP contribution in [0, 0.1) is 0 Å². The first kappa shape index (κ1) is 24.2. The highest BCUT2D eigenvalue weighted by atomic mass is 19.4. The van der Waals surface area contributed by atoms with Gasteiger partial charge in [0, 0.05) is 37.8 Å². The lowest BCUT2D eigenvalue weighted by Gasteiger charge is -2.16. The second kappa shape index (κ2) is 9.74. The number of rotatable bonds is 8. The Bertz CT molecular complexity index is 1220. The molecule has 14 heteroatoms. The summed E-state index contributed by atoms with van der Waals surface area (Å²) in [6, 6.07) is 2.82. The summed E-state index contributed by atoms with van der Waals surface area (Å²) in [7, 11) is 1.67. The van der Waals surface area contributed by atoms with Crippen molar-refractivity contribution in [1.82, 2.24) is 25.1 Å². The van der Waals surface area contributed by atoms with Gasteiger partial charge in [0.15, 0.2) is 11.5 Å². The van der Waals surface area contributed by atoms with Gasteiger partial charge in [0.25, 0.3) is 5.91 Å². The van der Waals surface area contributed by atoms with Crippen molar-refractivity contribution in [2.45, 2.75) is 25.6 Å². The Morgan fingerprint density at radius 1 is 1.34 bits per heavy atom. The van der Waals surface area contributed by atoms with E-state index >= 15 is 0 Å². The van der Waals surface area contributed by atoms with Crippen LogP contribution in [0.3, 0.4) is 0 Å². The first-order valence-corrected chi connectivity index (χ1v) is 10.7. The van der Waals surface area contributed by atoms with Gasteiger partial charge in [0.2, 0.25) is 11.8 Å². The lowest BCUT2D eigenvalue weighted by atomic mass is 10.2. The summed E-state index contributed by atoms with van der Waals surface area (Å²) >= 11 is 0. The topological polar surface area (TPSA) is 130 Å². The summed E-state index contributed by atoms with van der Waals surface area (Å²) < 4.78 is 44.2. The lowest BCUT2D eigenvalue weighted by Crippen LogP contribution is -2.33. The fourth-order valence-corrected chi connectivity index (χ4v) is 3.65. The fraction of sp³-hybridized carbons (Fsp3) is 0.381. The molecule has 1 fully saturated rings. The van der Waals surface area contributed by atoms with Crippen molar-refractivity contribution < 1.29 is 27.2 Å². The van der Waals surface area contributed by atoms with Crippen LogP contribution < -0.4 is 20.9 Å². The smallest absolute Gasteiger partial charge is 0.405 e. The summed E-state index contributed by atoms with van der Waals surface area (Å²) in [5.74, 6) is -0.378. The molecule has 11 nitrogen and oxygen atoms in total. The molecule has 1 saturated heterocycles. The minimum absolute atomic E-state index is 0.00738. The number of aromatic nitrogens is 4. The number of amides is 2. The number of hydrogen-bond donors (Lipinski definition) is 3. The number of pyridine rings is 1. The summed E-state index contributed by atoms with van der Waals surface area (Å²) in [5, 5.41) is 12.4. The zero-order chi connectivity index (χ0) is 25.2. The molecule has 0 aliphatic carbocycles. The summed E-state index contributed by atoms with van der Waals surface area (Å²) in [4.78, 5) is 34.8. The van der Waals surface area contributed by atoms with E-state index in [0.29, 0.717) is 30.0 Å². The first-order chi connectivity index (χ1) is 16.6. The van der Waals surface area contributed by atoms with Crippen LogP contribution in [-0.4, -0.2) is 63.4 Å². The van der Waals surface area contributed by atoms with Crippen molar-refractivity contribution in [1.29, 1.82) is 0 Å². The van der Waals surface area contributed by atoms with Gasteiger partial charge in [-0.1, -0.05) is 6.92 Å². The van der Waals surface area contributed by atoms with Crippen molar-refractivity contribution in [3.05, 3.63) is 36.5 Å². The largest absolute Gasteiger partial charge is 0.444 e. The molecule has 1 atom stereocenters. The Morgan fingerprint density at radius 3 is 2.89 bits per heavy atom. The van der Waals surface area contributed by atoms with Crippen LogP contribution >= 0.6 is 0 Å². The molecular formula is C21H23F3N8O3. The van der Waals surface area contributed by atoms with Gasteiger partial charge in [0.05, 0.1) is 6.20 Å². The number of nitrogens with one attached hydrogen (secondary N) is 3. The molecule has 0 bridgehead atoms. The zero-order valence-electron chi connectivity index (χ0n) is 18.9. The average molecular weight is 492 g/mol. The van der Waals surface area contributed by atoms with Crippen molar-refractivity contribution in [3.8, 4) is 11.5 Å². The Hall–Kier alpha value is -3.94. The minimum atomic E-state index is -4.40. The van der Waals surface area contributed by atoms with E-state index in [1.165, 1.54) is 27.9 Å². The van der Waals surface area contributed by atoms with Crippen LogP contribution in [0.5, 0.6) is 0 Å². The molecule has 186 valence electrons. The van der Waals surface area contributed by atoms with Gasteiger partial charge in [-0.15, -0.1) is 0 Å². The van der Waals surface area contributed by atoms with Gasteiger partial charge in [0.1, 0.15) is 24.3 Å². The Balaban J connectivity index is 1.48. The second-order valence-electron chi connectivity index (χ2n) is 7.89. The van der Waals surface area contributed by atoms with E-state index in [1.807, 2.05) is 6.92 Å². The number of alkyl halides is 3. The molecule has 1 aliphatic heterocycles. The van der Waals surface area contributed by atoms with E-state index in [4.69, 9.17) is 4.42 Å². The molecule has 0 spiro atoms. The Morgan fingerprint density at radius 2 is 2.14 bits per heavy atom. The Kier molecular flexibility index (Phi) is 6.73. The molecule has 0 saturated carbocycles. The van der Waals surface area contributed by atoms with Crippen LogP contribution in [0.25, 0.3) is 11.5 Å². The maximum Gasteiger partial charge on any atom is 0.405 e. The first-order valence-electron chi connectivity index (χ1n) is 10.7. The van der Waals surface area contributed by atoms with Gasteiger partial charge in [-0.05, 0) is 18.7 Å². The average Bonchev–Trinajstić information content (AvgIpc) is 3.51. The molecule has 0 radical (unpaired) electrons. The standard InChI is InChI=1S/C21H23F3N8O3/c1-3-25-13-7-17(33)32(8-13)18-14(9-31(2)30-18)28-19(34)15-10-35-20(29-15)12-4-5-26-16(6-12)27-11-21(22,23)24/h4-6,9-10,13,25H,3,7-8,11H2,1-2H3,(H,26,27)(H,28,34). The third kappa shape index (κ3) is 5.77. The summed E-state index contributed by atoms with van der Waals surface area (Å²) in [6.07, 6.45) is -0.0658. The molecule has 1 aliphatic rings. The molecule has 0 aromatic carbocycles. The van der Waals surface area contributed by atoms with Crippen molar-refractivity contribution in [3.63, 3.8) is 0 Å². The van der Waals surface area contributed by atoms with Gasteiger partial charge < -0.3 is 20.4 Å². The number of anilines is 3. The molecular weight excluding hydrogens is 469 g/mol. The quantitative estimate of drug-likeness (QED) is 0.437. The molecule has 3 aromatic rings. The van der Waals surface area contributed by atoms with Crippen molar-refractivity contribution in [2.75, 3.05) is 35.2 Å². The number of aryl methyl sites for hydroxylation is 1. The maximum absolute atomic E-state index is 12.8. The monoisotopic (exact) mass is 492 g/mol. The number of carbonyl (C=O) groups is 2. The predicted molar refractivity (Wildman–Crippen MR) is 120 cm³/mol. The zero-order valence-corrected chi connectivity index (χ0v) is 18.9. The molecule has 3 aromatic heterocycles. The van der Waals surface area contributed by atoms with E-state index in [0.717, 1.165) is 12.8 Å². The second-order valence-corrected chi connectivity index (χ2v) is 7.89. The summed E-state index contributed by atoms with van der Waals surface area (Å²) in [5.41, 5.74) is 0.604. The minimum Gasteiger partial charge on any atom is -0.444 e. The molecule has 35 heavy (non-hydrogen) atoms. The SMILES string of the molecule is CCNC1CC(=O)N(c2nn(C)cc2NC(=O)c2coc(-c3ccnc(NCC(F)(F)F)c3)n2)C1. The number of carbonyl (C=O) groups excluding carboxylic acids is 2. The predicted octanol–water partition coefficient (Wildman–Crippen LogP) is 2.41. The Labute approximate surface area is 197 Å². The van der Waals surface area contributed by atoms with Crippen LogP contribution in [0.4, 0.5) is 30.5 Å². The highest BCUT2D eigenvalue weighted by molar-refractivity contribution is 6.06. The molecule has 4 heterocycles. The number of nitrogens with zero attached hydrogens (tertiary/aromatic N) is 5. The van der Waals surface area contributed by atoms with Crippen LogP contribution in [0.15, 0.2) is 35.2 Å². The van der Waals surface area contributed by atoms with E-state index in [-0.39, 0.29) is 29.4 Å². The van der Waals surface area contributed by atoms with E-state index in [1.54, 1.807) is 13.2 Å². The molecule has 2 amide bonds. The number of halogens is 3. The van der Waals surface area contributed by atoms with Gasteiger partial charge >= 0.3 is 6.18 Å². The third-order valence-corrected chi connectivity index (χ3v) is 5.14. The third-order valence-electron chi connectivity index (χ3n) is 5.14. The molecule has 3 N–H and O–H groups in total. The highest BCUT2D eigenvalue weighted by Crippen LogP contribution is 2.29. The van der Waals surface area contributed by atoms with E-state index in [2.05, 4.69) is 31.0 Å². The van der Waals surface area contributed by atoms with Crippen LogP contribution in [-0.2, 0) is 11.8 Å². The van der Waals surface area contributed by atoms with E-state index < -0.39 is 18.6 Å².